The molecule has 8 nitrogen and oxygen atoms in total. The van der Waals surface area contributed by atoms with E-state index in [4.69, 9.17) is 4.98 Å². The van der Waals surface area contributed by atoms with Crippen LogP contribution in [0.5, 0.6) is 0 Å². The van der Waals surface area contributed by atoms with Gasteiger partial charge in [-0.25, -0.2) is 9.97 Å². The summed E-state index contributed by atoms with van der Waals surface area (Å²) in [6, 6.07) is 10.8. The van der Waals surface area contributed by atoms with Crippen LogP contribution in [0, 0.1) is 0 Å². The topological polar surface area (TPSA) is 89.6 Å². The third-order valence-corrected chi connectivity index (χ3v) is 7.59. The van der Waals surface area contributed by atoms with Crippen molar-refractivity contribution in [3.05, 3.63) is 54.5 Å². The van der Waals surface area contributed by atoms with Crippen LogP contribution < -0.4 is 4.90 Å². The predicted octanol–water partition coefficient (Wildman–Crippen LogP) is 5.15. The number of benzene rings is 1. The number of hydrogen-bond acceptors (Lipinski definition) is 6. The molecule has 0 aliphatic carbocycles. The number of nitrogens with zero attached hydrogens (tertiary/aromatic N) is 6. The molecule has 2 fully saturated rings. The van der Waals surface area contributed by atoms with Crippen molar-refractivity contribution in [2.75, 3.05) is 31.1 Å². The summed E-state index contributed by atoms with van der Waals surface area (Å²) >= 11 is 0. The molecule has 6 heterocycles. The molecular formula is C28H30N8. The lowest BCUT2D eigenvalue weighted by Crippen LogP contribution is -2.29. The monoisotopic (exact) mass is 478 g/mol. The van der Waals surface area contributed by atoms with E-state index in [1.165, 1.54) is 56.4 Å². The first-order chi connectivity index (χ1) is 17.8. The van der Waals surface area contributed by atoms with Crippen LogP contribution in [0.4, 0.5) is 5.69 Å². The zero-order chi connectivity index (χ0) is 23.9. The second-order valence-electron chi connectivity index (χ2n) is 10.1. The van der Waals surface area contributed by atoms with Crippen molar-refractivity contribution in [2.24, 2.45) is 0 Å². The van der Waals surface area contributed by atoms with Crippen molar-refractivity contribution in [1.82, 2.24) is 35.0 Å². The Kier molecular flexibility index (Phi) is 5.39. The molecule has 0 saturated carbocycles. The Morgan fingerprint density at radius 1 is 0.861 bits per heavy atom. The molecule has 0 amide bonds. The van der Waals surface area contributed by atoms with Crippen LogP contribution in [0.2, 0.25) is 0 Å². The maximum absolute atomic E-state index is 4.84. The van der Waals surface area contributed by atoms with Crippen LogP contribution in [-0.4, -0.2) is 61.2 Å². The fraction of sp³-hybridized carbons (Fsp3) is 0.357. The number of likely N-dealkylation sites (tertiary alicyclic amines) is 1. The van der Waals surface area contributed by atoms with Gasteiger partial charge < -0.3 is 9.88 Å². The highest BCUT2D eigenvalue weighted by atomic mass is 15.2. The Morgan fingerprint density at radius 2 is 1.72 bits per heavy atom. The Hall–Kier alpha value is -3.78. The minimum absolute atomic E-state index is 0.735. The van der Waals surface area contributed by atoms with Crippen molar-refractivity contribution in [1.29, 1.82) is 0 Å². The molecule has 4 aromatic heterocycles. The van der Waals surface area contributed by atoms with E-state index in [0.29, 0.717) is 0 Å². The minimum atomic E-state index is 0.735. The Morgan fingerprint density at radius 3 is 2.61 bits per heavy atom. The van der Waals surface area contributed by atoms with Gasteiger partial charge in [-0.1, -0.05) is 6.07 Å². The van der Waals surface area contributed by atoms with Gasteiger partial charge in [0.05, 0.1) is 11.2 Å². The highest BCUT2D eigenvalue weighted by Gasteiger charge is 2.19. The fourth-order valence-electron chi connectivity index (χ4n) is 5.71. The van der Waals surface area contributed by atoms with Crippen LogP contribution in [0.25, 0.3) is 44.7 Å². The smallest absolute Gasteiger partial charge is 0.180 e. The molecule has 5 aromatic rings. The van der Waals surface area contributed by atoms with E-state index in [-0.39, 0.29) is 0 Å². The van der Waals surface area contributed by atoms with Crippen molar-refractivity contribution < 1.29 is 0 Å². The zero-order valence-corrected chi connectivity index (χ0v) is 20.4. The largest absolute Gasteiger partial charge is 0.370 e. The summed E-state index contributed by atoms with van der Waals surface area (Å²) in [5.41, 5.74) is 8.22. The molecule has 2 N–H and O–H groups in total. The number of nitrogens with one attached hydrogen (secondary N) is 2. The lowest BCUT2D eigenvalue weighted by molar-refractivity contribution is 0.331. The van der Waals surface area contributed by atoms with Crippen LogP contribution in [0.15, 0.2) is 48.9 Å². The Bertz CT molecular complexity index is 1520. The van der Waals surface area contributed by atoms with Crippen LogP contribution in [0.1, 0.15) is 37.7 Å². The summed E-state index contributed by atoms with van der Waals surface area (Å²) in [5.74, 6) is 0.742. The number of piperidine rings is 1. The number of pyridine rings is 2. The molecule has 2 aliphatic heterocycles. The normalized spacial score (nSPS) is 16.9. The predicted molar refractivity (Wildman–Crippen MR) is 143 cm³/mol. The maximum Gasteiger partial charge on any atom is 0.180 e. The molecule has 2 saturated heterocycles. The van der Waals surface area contributed by atoms with Gasteiger partial charge in [0.1, 0.15) is 11.2 Å². The van der Waals surface area contributed by atoms with Gasteiger partial charge >= 0.3 is 0 Å². The molecule has 0 bridgehead atoms. The number of H-pyrrole nitrogens is 2. The van der Waals surface area contributed by atoms with Crippen molar-refractivity contribution >= 4 is 27.8 Å². The summed E-state index contributed by atoms with van der Waals surface area (Å²) in [7, 11) is 0. The number of anilines is 1. The summed E-state index contributed by atoms with van der Waals surface area (Å²) in [6.07, 6.45) is 12.2. The van der Waals surface area contributed by atoms with Gasteiger partial charge in [-0.2, -0.15) is 5.10 Å². The molecule has 8 heteroatoms. The molecule has 7 rings (SSSR count). The highest BCUT2D eigenvalue weighted by Crippen LogP contribution is 2.33. The van der Waals surface area contributed by atoms with E-state index < -0.39 is 0 Å². The van der Waals surface area contributed by atoms with Gasteiger partial charge in [0.25, 0.3) is 0 Å². The Balaban J connectivity index is 1.25. The second-order valence-corrected chi connectivity index (χ2v) is 10.1. The third kappa shape index (κ3) is 3.91. The summed E-state index contributed by atoms with van der Waals surface area (Å²) in [6.45, 7) is 5.48. The van der Waals surface area contributed by atoms with Gasteiger partial charge in [-0.3, -0.25) is 15.0 Å². The van der Waals surface area contributed by atoms with E-state index >= 15 is 0 Å². The molecule has 1 aromatic carbocycles. The molecular weight excluding hydrogens is 448 g/mol. The standard InChI is InChI=1S/C28H30N8/c1-2-12-36(13-3-1)24-8-9-30-27-26(24)31-28(32-27)25-22-15-20(6-7-23(22)33-34-25)21-14-19(16-29-17-21)18-35-10-4-5-11-35/h6-9,14-17H,1-5,10-13,18H2,(H,33,34)(H,30,31,32). The summed E-state index contributed by atoms with van der Waals surface area (Å²) in [4.78, 5) is 22.4. The fourth-order valence-corrected chi connectivity index (χ4v) is 5.71. The van der Waals surface area contributed by atoms with Crippen LogP contribution >= 0.6 is 0 Å². The van der Waals surface area contributed by atoms with Gasteiger partial charge in [0, 0.05) is 49.2 Å². The van der Waals surface area contributed by atoms with E-state index in [0.717, 1.165) is 64.3 Å². The molecule has 0 unspecified atom stereocenters. The zero-order valence-electron chi connectivity index (χ0n) is 20.4. The van der Waals surface area contributed by atoms with E-state index in [2.05, 4.69) is 65.3 Å². The number of hydrogen-bond donors (Lipinski definition) is 2. The number of aromatic nitrogens is 6. The number of imidazole rings is 1. The maximum atomic E-state index is 4.84. The first kappa shape index (κ1) is 21.5. The lowest BCUT2D eigenvalue weighted by atomic mass is 10.0. The molecule has 2 aliphatic rings. The molecule has 0 spiro atoms. The first-order valence-electron chi connectivity index (χ1n) is 13.1. The average Bonchev–Trinajstić information content (AvgIpc) is 3.68. The van der Waals surface area contributed by atoms with Gasteiger partial charge in [0.2, 0.25) is 0 Å². The van der Waals surface area contributed by atoms with Crippen molar-refractivity contribution in [3.63, 3.8) is 0 Å². The van der Waals surface area contributed by atoms with E-state index in [9.17, 15) is 0 Å². The molecule has 0 radical (unpaired) electrons. The summed E-state index contributed by atoms with van der Waals surface area (Å²) < 4.78 is 0. The molecule has 36 heavy (non-hydrogen) atoms. The SMILES string of the molecule is c1cc(N2CCCCC2)c2[nH]c(-c3n[nH]c4ccc(-c5cncc(CN6CCCC6)c5)cc34)nc2n1. The molecule has 182 valence electrons. The van der Waals surface area contributed by atoms with Gasteiger partial charge in [-0.15, -0.1) is 0 Å². The number of aromatic amines is 2. The molecule has 0 atom stereocenters. The quantitative estimate of drug-likeness (QED) is 0.363. The van der Waals surface area contributed by atoms with Crippen LogP contribution in [-0.2, 0) is 6.54 Å². The van der Waals surface area contributed by atoms with E-state index in [1.54, 1.807) is 0 Å². The van der Waals surface area contributed by atoms with Gasteiger partial charge in [-0.05, 0) is 80.6 Å². The Labute approximate surface area is 209 Å². The number of rotatable bonds is 5. The number of fused-ring (bicyclic) bond motifs is 2. The van der Waals surface area contributed by atoms with Crippen molar-refractivity contribution in [3.8, 4) is 22.6 Å². The lowest BCUT2D eigenvalue weighted by Gasteiger charge is -2.28. The third-order valence-electron chi connectivity index (χ3n) is 7.59. The summed E-state index contributed by atoms with van der Waals surface area (Å²) in [5, 5.41) is 8.86. The van der Waals surface area contributed by atoms with E-state index in [1.807, 2.05) is 18.6 Å². The first-order valence-corrected chi connectivity index (χ1v) is 13.1. The highest BCUT2D eigenvalue weighted by molar-refractivity contribution is 5.96. The second kappa shape index (κ2) is 9.02. The minimum Gasteiger partial charge on any atom is -0.370 e. The van der Waals surface area contributed by atoms with Crippen LogP contribution in [0.3, 0.4) is 0 Å². The van der Waals surface area contributed by atoms with Crippen molar-refractivity contribution in [2.45, 2.75) is 38.6 Å². The average molecular weight is 479 g/mol. The van der Waals surface area contributed by atoms with Gasteiger partial charge in [0.15, 0.2) is 11.5 Å².